The molecule has 3 aromatic rings. The van der Waals surface area contributed by atoms with Crippen LogP contribution in [0.4, 0.5) is 5.69 Å². The number of hydrogen-bond acceptors (Lipinski definition) is 7. The van der Waals surface area contributed by atoms with Crippen LogP contribution in [0.1, 0.15) is 46.5 Å². The second kappa shape index (κ2) is 12.1. The number of anilines is 1. The molecule has 0 spiro atoms. The lowest BCUT2D eigenvalue weighted by Gasteiger charge is -2.14. The summed E-state index contributed by atoms with van der Waals surface area (Å²) in [6, 6.07) is 15.2. The van der Waals surface area contributed by atoms with Gasteiger partial charge in [0.25, 0.3) is 15.9 Å². The first-order valence-electron chi connectivity index (χ1n) is 11.8. The third-order valence-electron chi connectivity index (χ3n) is 5.56. The minimum atomic E-state index is -4.06. The number of rotatable bonds is 9. The summed E-state index contributed by atoms with van der Waals surface area (Å²) in [6.07, 6.45) is 0. The number of carbonyl (C=O) groups is 3. The number of halogens is 1. The van der Waals surface area contributed by atoms with Gasteiger partial charge in [0.1, 0.15) is 5.75 Å². The molecule has 9 nitrogen and oxygen atoms in total. The number of ketones is 1. The Morgan fingerprint density at radius 1 is 1.03 bits per heavy atom. The van der Waals surface area contributed by atoms with Crippen LogP contribution in [-0.4, -0.2) is 32.6 Å². The number of nitrogens with zero attached hydrogens (tertiary/aromatic N) is 1. The average molecular weight is 568 g/mol. The molecule has 0 radical (unpaired) electrons. The Morgan fingerprint density at radius 3 is 2.38 bits per heavy atom. The first-order chi connectivity index (χ1) is 18.3. The number of nitrogens with one attached hydrogen (secondary N) is 2. The van der Waals surface area contributed by atoms with E-state index in [0.717, 1.165) is 5.56 Å². The highest BCUT2D eigenvalue weighted by Crippen LogP contribution is 2.27. The molecular formula is C28H26ClN3O6S. The highest BCUT2D eigenvalue weighted by atomic mass is 35.5. The topological polar surface area (TPSA) is 142 Å². The molecule has 0 saturated heterocycles. The highest BCUT2D eigenvalue weighted by Gasteiger charge is 2.21. The number of amides is 2. The highest BCUT2D eigenvalue weighted by molar-refractivity contribution is 7.90. The first kappa shape index (κ1) is 29.4. The third kappa shape index (κ3) is 7.44. The van der Waals surface area contributed by atoms with Crippen molar-refractivity contribution in [3.05, 3.63) is 87.4 Å². The molecule has 0 fully saturated rings. The Morgan fingerprint density at radius 2 is 1.74 bits per heavy atom. The van der Waals surface area contributed by atoms with Gasteiger partial charge in [-0.3, -0.25) is 14.4 Å². The van der Waals surface area contributed by atoms with Crippen LogP contribution in [0.5, 0.6) is 5.75 Å². The first-order valence-corrected chi connectivity index (χ1v) is 13.6. The van der Waals surface area contributed by atoms with E-state index in [9.17, 15) is 28.1 Å². The van der Waals surface area contributed by atoms with Crippen molar-refractivity contribution in [2.45, 2.75) is 32.6 Å². The molecule has 0 aromatic heterocycles. The maximum absolute atomic E-state index is 13.2. The van der Waals surface area contributed by atoms with Crippen LogP contribution >= 0.6 is 11.6 Å². The number of aryl methyl sites for hydroxylation is 2. The van der Waals surface area contributed by atoms with E-state index in [1.165, 1.54) is 42.5 Å². The lowest BCUT2D eigenvalue weighted by molar-refractivity contribution is -0.122. The van der Waals surface area contributed by atoms with Crippen molar-refractivity contribution in [2.24, 2.45) is 5.92 Å². The van der Waals surface area contributed by atoms with Crippen LogP contribution in [0.3, 0.4) is 0 Å². The summed E-state index contributed by atoms with van der Waals surface area (Å²) in [5, 5.41) is 12.2. The van der Waals surface area contributed by atoms with Crippen LogP contribution in [0.2, 0.25) is 5.02 Å². The maximum Gasteiger partial charge on any atom is 0.264 e. The molecule has 0 saturated carbocycles. The molecule has 0 aliphatic rings. The van der Waals surface area contributed by atoms with Crippen LogP contribution in [-0.2, 0) is 19.6 Å². The molecule has 2 amide bonds. The molecule has 3 rings (SSSR count). The van der Waals surface area contributed by atoms with E-state index < -0.39 is 40.1 Å². The van der Waals surface area contributed by atoms with Gasteiger partial charge in [-0.15, -0.1) is 0 Å². The number of nitriles is 1. The van der Waals surface area contributed by atoms with Gasteiger partial charge in [-0.25, -0.2) is 13.1 Å². The second-order valence-corrected chi connectivity index (χ2v) is 11.2. The van der Waals surface area contributed by atoms with E-state index in [1.54, 1.807) is 39.8 Å². The van der Waals surface area contributed by atoms with Gasteiger partial charge in [0, 0.05) is 22.2 Å². The van der Waals surface area contributed by atoms with Crippen LogP contribution in [0.15, 0.2) is 59.5 Å². The van der Waals surface area contributed by atoms with E-state index in [1.807, 2.05) is 10.8 Å². The Hall–Kier alpha value is -4.20. The summed E-state index contributed by atoms with van der Waals surface area (Å²) in [5.74, 6) is -2.00. The van der Waals surface area contributed by atoms with Gasteiger partial charge in [0.15, 0.2) is 12.4 Å². The summed E-state index contributed by atoms with van der Waals surface area (Å²) >= 11 is 6.11. The van der Waals surface area contributed by atoms with Crippen LogP contribution in [0, 0.1) is 31.1 Å². The number of sulfonamides is 1. The molecule has 3 aromatic carbocycles. The zero-order valence-electron chi connectivity index (χ0n) is 21.7. The lowest BCUT2D eigenvalue weighted by atomic mass is 9.98. The van der Waals surface area contributed by atoms with Gasteiger partial charge in [-0.05, 0) is 79.6 Å². The number of carbonyl (C=O) groups excluding carboxylic acids is 3. The minimum Gasteiger partial charge on any atom is -0.483 e. The van der Waals surface area contributed by atoms with E-state index in [4.69, 9.17) is 16.3 Å². The number of ether oxygens (including phenoxy) is 1. The van der Waals surface area contributed by atoms with E-state index in [0.29, 0.717) is 21.8 Å². The van der Waals surface area contributed by atoms with Gasteiger partial charge in [-0.2, -0.15) is 5.26 Å². The summed E-state index contributed by atoms with van der Waals surface area (Å²) < 4.78 is 32.6. The lowest BCUT2D eigenvalue weighted by Crippen LogP contribution is -2.33. The summed E-state index contributed by atoms with van der Waals surface area (Å²) in [4.78, 5) is 37.5. The normalized spacial score (nSPS) is 11.0. The van der Waals surface area contributed by atoms with Crippen molar-refractivity contribution in [1.29, 1.82) is 5.26 Å². The van der Waals surface area contributed by atoms with Crippen LogP contribution < -0.4 is 14.8 Å². The molecule has 39 heavy (non-hydrogen) atoms. The van der Waals surface area contributed by atoms with Gasteiger partial charge in [-0.1, -0.05) is 25.4 Å². The Kier molecular flexibility index (Phi) is 9.11. The summed E-state index contributed by atoms with van der Waals surface area (Å²) in [6.45, 7) is 6.07. The molecule has 0 aliphatic heterocycles. The Labute approximate surface area is 231 Å². The van der Waals surface area contributed by atoms with Crippen molar-refractivity contribution < 1.29 is 27.5 Å². The molecule has 0 aliphatic carbocycles. The van der Waals surface area contributed by atoms with Crippen molar-refractivity contribution in [3.8, 4) is 11.8 Å². The van der Waals surface area contributed by atoms with Crippen molar-refractivity contribution >= 4 is 44.9 Å². The van der Waals surface area contributed by atoms with E-state index in [2.05, 4.69) is 5.32 Å². The summed E-state index contributed by atoms with van der Waals surface area (Å²) in [5.41, 5.74) is 2.25. The molecule has 11 heteroatoms. The molecule has 0 unspecified atom stereocenters. The third-order valence-corrected chi connectivity index (χ3v) is 7.13. The average Bonchev–Trinajstić information content (AvgIpc) is 2.87. The predicted octanol–water partition coefficient (Wildman–Crippen LogP) is 4.54. The van der Waals surface area contributed by atoms with Gasteiger partial charge in [0.05, 0.1) is 22.1 Å². The number of benzene rings is 3. The van der Waals surface area contributed by atoms with Crippen molar-refractivity contribution in [3.63, 3.8) is 0 Å². The summed E-state index contributed by atoms with van der Waals surface area (Å²) in [7, 11) is -4.06. The van der Waals surface area contributed by atoms with Crippen molar-refractivity contribution in [2.75, 3.05) is 11.9 Å². The minimum absolute atomic E-state index is 0.122. The SMILES string of the molecule is Cc1cc(C#N)cc(C(=O)c2cc(Cl)ccc2OCC(=O)Nc2ccc(S(=O)(=O)NC(=O)C(C)C)cc2C)c1. The molecule has 2 N–H and O–H groups in total. The molecule has 202 valence electrons. The fourth-order valence-corrected chi connectivity index (χ4v) is 4.89. The molecular weight excluding hydrogens is 542 g/mol. The fraction of sp³-hybridized carbons (Fsp3) is 0.214. The van der Waals surface area contributed by atoms with E-state index >= 15 is 0 Å². The monoisotopic (exact) mass is 567 g/mol. The van der Waals surface area contributed by atoms with Gasteiger partial charge < -0.3 is 10.1 Å². The molecule has 0 bridgehead atoms. The zero-order valence-corrected chi connectivity index (χ0v) is 23.2. The van der Waals surface area contributed by atoms with E-state index in [-0.39, 0.29) is 21.8 Å². The standard InChI is InChI=1S/C28H26ClN3O6S/c1-16(2)28(35)32-39(36,37)22-6-7-24(18(4)11-22)31-26(33)15-38-25-8-5-21(29)13-23(25)27(34)20-10-17(3)9-19(12-20)14-30/h5-13,16H,15H2,1-4H3,(H,31,33)(H,32,35). The Balaban J connectivity index is 1.74. The molecule has 0 atom stereocenters. The maximum atomic E-state index is 13.2. The van der Waals surface area contributed by atoms with Crippen LogP contribution in [0.25, 0.3) is 0 Å². The quantitative estimate of drug-likeness (QED) is 0.361. The molecule has 0 heterocycles. The fourth-order valence-electron chi connectivity index (χ4n) is 3.52. The second-order valence-electron chi connectivity index (χ2n) is 9.11. The largest absolute Gasteiger partial charge is 0.483 e. The Bertz CT molecular complexity index is 1610. The predicted molar refractivity (Wildman–Crippen MR) is 146 cm³/mol. The van der Waals surface area contributed by atoms with Gasteiger partial charge >= 0.3 is 0 Å². The van der Waals surface area contributed by atoms with Gasteiger partial charge in [0.2, 0.25) is 5.91 Å². The smallest absolute Gasteiger partial charge is 0.264 e. The zero-order chi connectivity index (χ0) is 28.9. The van der Waals surface area contributed by atoms with Crippen molar-refractivity contribution in [1.82, 2.24) is 4.72 Å². The number of hydrogen-bond donors (Lipinski definition) is 2.